The fourth-order valence-electron chi connectivity index (χ4n) is 1.57. The number of thiocarbonyl (C=S) groups is 1. The van der Waals surface area contributed by atoms with Gasteiger partial charge in [-0.2, -0.15) is 4.80 Å². The third-order valence-electron chi connectivity index (χ3n) is 2.43. The quantitative estimate of drug-likeness (QED) is 0.789. The molecule has 0 radical (unpaired) electrons. The summed E-state index contributed by atoms with van der Waals surface area (Å²) in [6.07, 6.45) is 0. The van der Waals surface area contributed by atoms with E-state index in [1.807, 2.05) is 6.92 Å². The molecule has 0 saturated carbocycles. The van der Waals surface area contributed by atoms with Crippen LogP contribution in [-0.4, -0.2) is 31.8 Å². The van der Waals surface area contributed by atoms with Crippen molar-refractivity contribution in [3.63, 3.8) is 0 Å². The van der Waals surface area contributed by atoms with Gasteiger partial charge in [0.1, 0.15) is 4.99 Å². The first kappa shape index (κ1) is 14.2. The molecular weight excluding hydrogens is 278 g/mol. The second-order valence-corrected chi connectivity index (χ2v) is 4.38. The Bertz CT molecular complexity index is 614. The van der Waals surface area contributed by atoms with Crippen LogP contribution in [0.5, 0.6) is 11.5 Å². The number of benzene rings is 1. The Morgan fingerprint density at radius 2 is 2.15 bits per heavy atom. The largest absolute Gasteiger partial charge is 0.490 e. The van der Waals surface area contributed by atoms with E-state index in [0.29, 0.717) is 28.9 Å². The summed E-state index contributed by atoms with van der Waals surface area (Å²) in [6.45, 7) is 2.61. The van der Waals surface area contributed by atoms with E-state index >= 15 is 0 Å². The number of hydrogen-bond acceptors (Lipinski definition) is 6. The van der Waals surface area contributed by atoms with Crippen molar-refractivity contribution in [3.8, 4) is 11.5 Å². The topological polar surface area (TPSA) is 88.1 Å². The van der Waals surface area contributed by atoms with Crippen LogP contribution in [0.25, 0.3) is 0 Å². The van der Waals surface area contributed by atoms with Gasteiger partial charge in [-0.1, -0.05) is 12.2 Å². The molecule has 1 aromatic heterocycles. The van der Waals surface area contributed by atoms with Crippen LogP contribution in [0.4, 0.5) is 0 Å². The average Bonchev–Trinajstić information content (AvgIpc) is 2.83. The molecule has 2 aromatic rings. The molecule has 1 heterocycles. The molecular formula is C12H15N5O2S. The van der Waals surface area contributed by atoms with E-state index in [2.05, 4.69) is 15.4 Å². The number of nitrogens with two attached hydrogens (primary N) is 1. The lowest BCUT2D eigenvalue weighted by Gasteiger charge is -2.12. The van der Waals surface area contributed by atoms with Crippen LogP contribution in [0.3, 0.4) is 0 Å². The van der Waals surface area contributed by atoms with Gasteiger partial charge in [-0.05, 0) is 30.3 Å². The van der Waals surface area contributed by atoms with Crippen LogP contribution in [-0.2, 0) is 13.7 Å². The first-order valence-electron chi connectivity index (χ1n) is 6.02. The fraction of sp³-hybridized carbons (Fsp3) is 0.333. The Labute approximate surface area is 121 Å². The standard InChI is InChI=1S/C12H15N5O2S/c1-3-18-10-6-8(12(13)20)4-5-9(10)19-7-11-14-16-17(2)15-11/h4-6H,3,7H2,1-2H3,(H2,13,20). The highest BCUT2D eigenvalue weighted by Crippen LogP contribution is 2.29. The molecule has 2 N–H and O–H groups in total. The summed E-state index contributed by atoms with van der Waals surface area (Å²) >= 11 is 4.94. The number of nitrogens with zero attached hydrogens (tertiary/aromatic N) is 4. The van der Waals surface area contributed by atoms with Crippen LogP contribution in [0.2, 0.25) is 0 Å². The van der Waals surface area contributed by atoms with E-state index in [1.165, 1.54) is 4.80 Å². The molecule has 0 spiro atoms. The number of rotatable bonds is 6. The van der Waals surface area contributed by atoms with Gasteiger partial charge in [0, 0.05) is 5.56 Å². The zero-order chi connectivity index (χ0) is 14.5. The molecule has 20 heavy (non-hydrogen) atoms. The second kappa shape index (κ2) is 6.29. The van der Waals surface area contributed by atoms with Crippen molar-refractivity contribution in [1.29, 1.82) is 0 Å². The van der Waals surface area contributed by atoms with E-state index in [9.17, 15) is 0 Å². The Morgan fingerprint density at radius 1 is 1.35 bits per heavy atom. The minimum atomic E-state index is 0.209. The molecule has 7 nitrogen and oxygen atoms in total. The van der Waals surface area contributed by atoms with Crippen LogP contribution in [0.1, 0.15) is 18.3 Å². The minimum Gasteiger partial charge on any atom is -0.490 e. The van der Waals surface area contributed by atoms with Gasteiger partial charge < -0.3 is 15.2 Å². The Kier molecular flexibility index (Phi) is 4.46. The van der Waals surface area contributed by atoms with E-state index in [1.54, 1.807) is 25.2 Å². The van der Waals surface area contributed by atoms with Crippen molar-refractivity contribution < 1.29 is 9.47 Å². The van der Waals surface area contributed by atoms with Crippen LogP contribution in [0, 0.1) is 0 Å². The van der Waals surface area contributed by atoms with Crippen molar-refractivity contribution >= 4 is 17.2 Å². The number of hydrogen-bond donors (Lipinski definition) is 1. The molecule has 8 heteroatoms. The molecule has 0 aliphatic heterocycles. The number of aromatic nitrogens is 4. The smallest absolute Gasteiger partial charge is 0.212 e. The van der Waals surface area contributed by atoms with Gasteiger partial charge in [-0.15, -0.1) is 10.2 Å². The van der Waals surface area contributed by atoms with Gasteiger partial charge in [-0.25, -0.2) is 0 Å². The summed E-state index contributed by atoms with van der Waals surface area (Å²) in [6, 6.07) is 5.30. The first-order chi connectivity index (χ1) is 9.60. The highest BCUT2D eigenvalue weighted by atomic mass is 32.1. The van der Waals surface area contributed by atoms with Crippen LogP contribution in [0.15, 0.2) is 18.2 Å². The summed E-state index contributed by atoms with van der Waals surface area (Å²) in [5.41, 5.74) is 6.33. The third-order valence-corrected chi connectivity index (χ3v) is 2.67. The van der Waals surface area contributed by atoms with E-state index in [-0.39, 0.29) is 6.61 Å². The maximum absolute atomic E-state index is 5.64. The van der Waals surface area contributed by atoms with Gasteiger partial charge >= 0.3 is 0 Å². The summed E-state index contributed by atoms with van der Waals surface area (Å²) in [5, 5.41) is 11.6. The molecule has 1 aromatic carbocycles. The molecule has 106 valence electrons. The van der Waals surface area contributed by atoms with E-state index in [0.717, 1.165) is 5.56 Å². The number of aryl methyl sites for hydroxylation is 1. The highest BCUT2D eigenvalue weighted by molar-refractivity contribution is 7.80. The van der Waals surface area contributed by atoms with Crippen LogP contribution < -0.4 is 15.2 Å². The van der Waals surface area contributed by atoms with Crippen molar-refractivity contribution in [1.82, 2.24) is 20.2 Å². The average molecular weight is 293 g/mol. The molecule has 2 rings (SSSR count). The molecule has 0 unspecified atom stereocenters. The number of tetrazole rings is 1. The SMILES string of the molecule is CCOc1cc(C(N)=S)ccc1OCc1nnn(C)n1. The molecule has 0 bridgehead atoms. The van der Waals surface area contributed by atoms with Gasteiger partial charge in [0.15, 0.2) is 18.1 Å². The molecule has 0 amide bonds. The van der Waals surface area contributed by atoms with Gasteiger partial charge in [0.2, 0.25) is 5.82 Å². The number of ether oxygens (including phenoxy) is 2. The van der Waals surface area contributed by atoms with E-state index in [4.69, 9.17) is 27.4 Å². The lowest BCUT2D eigenvalue weighted by atomic mass is 10.2. The normalized spacial score (nSPS) is 10.3. The van der Waals surface area contributed by atoms with Crippen molar-refractivity contribution in [3.05, 3.63) is 29.6 Å². The molecule has 0 atom stereocenters. The van der Waals surface area contributed by atoms with Gasteiger partial charge in [0.25, 0.3) is 0 Å². The Morgan fingerprint density at radius 3 is 2.75 bits per heavy atom. The van der Waals surface area contributed by atoms with Crippen molar-refractivity contribution in [2.24, 2.45) is 12.8 Å². The third kappa shape index (κ3) is 3.41. The van der Waals surface area contributed by atoms with E-state index < -0.39 is 0 Å². The summed E-state index contributed by atoms with van der Waals surface area (Å²) in [4.78, 5) is 1.69. The Hall–Kier alpha value is -2.22. The predicted octanol–water partition coefficient (Wildman–Crippen LogP) is 0.822. The first-order valence-corrected chi connectivity index (χ1v) is 6.43. The Balaban J connectivity index is 2.15. The molecule has 0 aliphatic rings. The van der Waals surface area contributed by atoms with Crippen LogP contribution >= 0.6 is 12.2 Å². The zero-order valence-electron chi connectivity index (χ0n) is 11.2. The molecule has 0 fully saturated rings. The minimum absolute atomic E-state index is 0.209. The fourth-order valence-corrected chi connectivity index (χ4v) is 1.70. The van der Waals surface area contributed by atoms with Crippen molar-refractivity contribution in [2.75, 3.05) is 6.61 Å². The predicted molar refractivity (Wildman–Crippen MR) is 76.6 cm³/mol. The highest BCUT2D eigenvalue weighted by Gasteiger charge is 2.09. The van der Waals surface area contributed by atoms with Crippen molar-refractivity contribution in [2.45, 2.75) is 13.5 Å². The summed E-state index contributed by atoms with van der Waals surface area (Å²) < 4.78 is 11.2. The molecule has 0 saturated heterocycles. The maximum Gasteiger partial charge on any atom is 0.212 e. The summed E-state index contributed by atoms with van der Waals surface area (Å²) in [7, 11) is 1.69. The maximum atomic E-state index is 5.64. The monoisotopic (exact) mass is 293 g/mol. The lowest BCUT2D eigenvalue weighted by molar-refractivity contribution is 0.263. The summed E-state index contributed by atoms with van der Waals surface area (Å²) in [5.74, 6) is 1.66. The molecule has 0 aliphatic carbocycles. The van der Waals surface area contributed by atoms with Gasteiger partial charge in [0.05, 0.1) is 13.7 Å². The zero-order valence-corrected chi connectivity index (χ0v) is 12.1. The lowest BCUT2D eigenvalue weighted by Crippen LogP contribution is -2.10. The van der Waals surface area contributed by atoms with Gasteiger partial charge in [-0.3, -0.25) is 0 Å². The second-order valence-electron chi connectivity index (χ2n) is 3.94.